The molecule has 1 N–H and O–H groups in total. The van der Waals surface area contributed by atoms with Gasteiger partial charge < -0.3 is 4.74 Å². The molecule has 7 nitrogen and oxygen atoms in total. The largest absolute Gasteiger partial charge is 0.379 e. The number of carbonyl (C=O) groups is 1. The molecule has 1 amide bonds. The van der Waals surface area contributed by atoms with E-state index in [4.69, 9.17) is 33.2 Å². The number of amides is 1. The molecule has 0 bridgehead atoms. The SMILES string of the molecule is Cc1c(C(=O)NN2CCOCC2)nn(-c2ccc(Cl)cc2Cl)c1-c1ccc(C#CCCCC#N)cc1. The van der Waals surface area contributed by atoms with Crippen molar-refractivity contribution in [2.45, 2.75) is 26.2 Å². The highest BCUT2D eigenvalue weighted by molar-refractivity contribution is 6.35. The minimum absolute atomic E-state index is 0.292. The summed E-state index contributed by atoms with van der Waals surface area (Å²) >= 11 is 12.7. The molecule has 0 aliphatic carbocycles. The molecule has 0 saturated carbocycles. The van der Waals surface area contributed by atoms with Gasteiger partial charge >= 0.3 is 0 Å². The lowest BCUT2D eigenvalue weighted by Crippen LogP contribution is -2.48. The molecule has 1 aliphatic heterocycles. The average molecular weight is 522 g/mol. The van der Waals surface area contributed by atoms with E-state index in [2.05, 4.69) is 28.4 Å². The number of hydrogen-bond acceptors (Lipinski definition) is 5. The van der Waals surface area contributed by atoms with Crippen LogP contribution in [-0.4, -0.2) is 47.0 Å². The molecule has 0 atom stereocenters. The molecule has 1 fully saturated rings. The second-order valence-corrected chi connectivity index (χ2v) is 9.10. The summed E-state index contributed by atoms with van der Waals surface area (Å²) in [6.45, 7) is 4.22. The Balaban J connectivity index is 1.70. The van der Waals surface area contributed by atoms with E-state index in [9.17, 15) is 4.79 Å². The van der Waals surface area contributed by atoms with Gasteiger partial charge in [-0.2, -0.15) is 10.4 Å². The Bertz CT molecular complexity index is 1340. The first kappa shape index (κ1) is 25.8. The van der Waals surface area contributed by atoms with E-state index in [-0.39, 0.29) is 5.91 Å². The van der Waals surface area contributed by atoms with E-state index in [1.807, 2.05) is 36.2 Å². The van der Waals surface area contributed by atoms with Crippen molar-refractivity contribution in [3.05, 3.63) is 69.3 Å². The molecule has 2 heterocycles. The third-order valence-electron chi connectivity index (χ3n) is 5.73. The maximum atomic E-state index is 13.2. The van der Waals surface area contributed by atoms with E-state index in [1.165, 1.54) is 0 Å². The van der Waals surface area contributed by atoms with Crippen LogP contribution in [0.15, 0.2) is 42.5 Å². The number of hydrogen-bond donors (Lipinski definition) is 1. The number of nitrogens with one attached hydrogen (secondary N) is 1. The number of aromatic nitrogens is 2. The maximum Gasteiger partial charge on any atom is 0.286 e. The van der Waals surface area contributed by atoms with Gasteiger partial charge in [0.2, 0.25) is 0 Å². The van der Waals surface area contributed by atoms with Gasteiger partial charge in [0.15, 0.2) is 5.69 Å². The summed E-state index contributed by atoms with van der Waals surface area (Å²) in [5, 5.41) is 16.1. The third-order valence-corrected chi connectivity index (χ3v) is 6.27. The Morgan fingerprint density at radius 3 is 2.58 bits per heavy atom. The van der Waals surface area contributed by atoms with Gasteiger partial charge in [-0.15, -0.1) is 0 Å². The molecular formula is C27H25Cl2N5O2. The van der Waals surface area contributed by atoms with Crippen molar-refractivity contribution in [2.24, 2.45) is 0 Å². The Hall–Kier alpha value is -3.33. The molecule has 0 spiro atoms. The summed E-state index contributed by atoms with van der Waals surface area (Å²) in [6, 6.07) is 15.1. The van der Waals surface area contributed by atoms with Gasteiger partial charge in [0.05, 0.1) is 35.7 Å². The molecule has 0 radical (unpaired) electrons. The highest BCUT2D eigenvalue weighted by Gasteiger charge is 2.25. The van der Waals surface area contributed by atoms with Crippen molar-refractivity contribution in [1.29, 1.82) is 5.26 Å². The summed E-state index contributed by atoms with van der Waals surface area (Å²) in [5.41, 5.74) is 7.07. The van der Waals surface area contributed by atoms with Crippen molar-refractivity contribution < 1.29 is 9.53 Å². The van der Waals surface area contributed by atoms with Crippen molar-refractivity contribution in [2.75, 3.05) is 26.3 Å². The zero-order valence-corrected chi connectivity index (χ0v) is 21.4. The van der Waals surface area contributed by atoms with Gasteiger partial charge in [-0.05, 0) is 43.7 Å². The van der Waals surface area contributed by atoms with E-state index >= 15 is 0 Å². The smallest absolute Gasteiger partial charge is 0.286 e. The number of hydrazine groups is 1. The summed E-state index contributed by atoms with van der Waals surface area (Å²) in [6.07, 6.45) is 1.95. The standard InChI is InChI=1S/C27H25Cl2N5O2/c1-19-25(27(35)32-33-14-16-36-17-15-33)31-34(24-12-11-22(28)18-23(24)29)26(19)21-9-7-20(8-10-21)6-4-2-3-5-13-30/h7-12,18H,2-3,5,14-17H2,1H3,(H,32,35). The number of carbonyl (C=O) groups excluding carboxylic acids is 1. The lowest BCUT2D eigenvalue weighted by molar-refractivity contribution is 0.0124. The lowest BCUT2D eigenvalue weighted by atomic mass is 10.0. The Labute approximate surface area is 220 Å². The van der Waals surface area contributed by atoms with Crippen molar-refractivity contribution in [3.63, 3.8) is 0 Å². The second-order valence-electron chi connectivity index (χ2n) is 8.26. The van der Waals surface area contributed by atoms with Crippen molar-refractivity contribution in [1.82, 2.24) is 20.2 Å². The normalized spacial score (nSPS) is 13.5. The van der Waals surface area contributed by atoms with Crippen LogP contribution in [-0.2, 0) is 4.74 Å². The van der Waals surface area contributed by atoms with Crippen LogP contribution >= 0.6 is 23.2 Å². The zero-order chi connectivity index (χ0) is 25.5. The molecule has 0 unspecified atom stereocenters. The molecule has 4 rings (SSSR count). The number of ether oxygens (including phenoxy) is 1. The molecule has 1 aliphatic rings. The van der Waals surface area contributed by atoms with Gasteiger partial charge in [0, 0.05) is 47.6 Å². The number of rotatable bonds is 6. The van der Waals surface area contributed by atoms with Crippen LogP contribution in [0.3, 0.4) is 0 Å². The van der Waals surface area contributed by atoms with E-state index in [1.54, 1.807) is 22.9 Å². The monoisotopic (exact) mass is 521 g/mol. The summed E-state index contributed by atoms with van der Waals surface area (Å²) in [5.74, 6) is 5.94. The number of morpholine rings is 1. The minimum atomic E-state index is -0.292. The zero-order valence-electron chi connectivity index (χ0n) is 19.9. The van der Waals surface area contributed by atoms with Crippen LogP contribution in [0.1, 0.15) is 40.9 Å². The Morgan fingerprint density at radius 1 is 1.14 bits per heavy atom. The highest BCUT2D eigenvalue weighted by atomic mass is 35.5. The quantitative estimate of drug-likeness (QED) is 0.357. The molecule has 3 aromatic rings. The molecule has 2 aromatic carbocycles. The average Bonchev–Trinajstić information content (AvgIpc) is 3.21. The van der Waals surface area contributed by atoms with Gasteiger partial charge in [-0.1, -0.05) is 47.2 Å². The van der Waals surface area contributed by atoms with E-state index in [0.717, 1.165) is 28.8 Å². The van der Waals surface area contributed by atoms with Crippen LogP contribution in [0.4, 0.5) is 0 Å². The number of unbranched alkanes of at least 4 members (excludes halogenated alkanes) is 2. The first-order valence-electron chi connectivity index (χ1n) is 11.6. The van der Waals surface area contributed by atoms with Crippen LogP contribution < -0.4 is 5.43 Å². The number of benzene rings is 2. The molecule has 36 heavy (non-hydrogen) atoms. The van der Waals surface area contributed by atoms with E-state index < -0.39 is 0 Å². The van der Waals surface area contributed by atoms with Gasteiger partial charge in [-0.25, -0.2) is 9.69 Å². The Morgan fingerprint density at radius 2 is 1.89 bits per heavy atom. The van der Waals surface area contributed by atoms with Crippen LogP contribution in [0.5, 0.6) is 0 Å². The maximum absolute atomic E-state index is 13.2. The van der Waals surface area contributed by atoms with Gasteiger partial charge in [0.1, 0.15) is 0 Å². The topological polar surface area (TPSA) is 83.2 Å². The fourth-order valence-corrected chi connectivity index (χ4v) is 4.37. The first-order valence-corrected chi connectivity index (χ1v) is 12.4. The molecular weight excluding hydrogens is 497 g/mol. The highest BCUT2D eigenvalue weighted by Crippen LogP contribution is 2.33. The minimum Gasteiger partial charge on any atom is -0.379 e. The summed E-state index contributed by atoms with van der Waals surface area (Å²) < 4.78 is 7.05. The van der Waals surface area contributed by atoms with E-state index in [0.29, 0.717) is 60.6 Å². The lowest BCUT2D eigenvalue weighted by Gasteiger charge is -2.26. The fraction of sp³-hybridized carbons (Fsp3) is 0.296. The van der Waals surface area contributed by atoms with Crippen LogP contribution in [0.2, 0.25) is 10.0 Å². The van der Waals surface area contributed by atoms with Gasteiger partial charge in [0.25, 0.3) is 5.91 Å². The first-order chi connectivity index (χ1) is 17.5. The molecule has 1 aromatic heterocycles. The third kappa shape index (κ3) is 6.07. The molecule has 9 heteroatoms. The van der Waals surface area contributed by atoms with Crippen LogP contribution in [0.25, 0.3) is 16.9 Å². The number of nitrogens with zero attached hydrogens (tertiary/aromatic N) is 4. The number of nitriles is 1. The summed E-state index contributed by atoms with van der Waals surface area (Å²) in [4.78, 5) is 13.2. The predicted octanol–water partition coefficient (Wildman–Crippen LogP) is 5.18. The molecule has 184 valence electrons. The van der Waals surface area contributed by atoms with Gasteiger partial charge in [-0.3, -0.25) is 10.2 Å². The summed E-state index contributed by atoms with van der Waals surface area (Å²) in [7, 11) is 0. The van der Waals surface area contributed by atoms with Crippen molar-refractivity contribution >= 4 is 29.1 Å². The second kappa shape index (κ2) is 12.1. The van der Waals surface area contributed by atoms with Crippen LogP contribution in [0, 0.1) is 30.1 Å². The molecule has 1 saturated heterocycles. The Kier molecular flexibility index (Phi) is 8.64. The predicted molar refractivity (Wildman–Crippen MR) is 140 cm³/mol. The number of halogens is 2. The fourth-order valence-electron chi connectivity index (χ4n) is 3.88. The van der Waals surface area contributed by atoms with Crippen molar-refractivity contribution in [3.8, 4) is 34.9 Å².